The fraction of sp³-hybridized carbons (Fsp3) is 0.600. The molecule has 0 heterocycles. The van der Waals surface area contributed by atoms with Gasteiger partial charge in [0.25, 0.3) is 0 Å². The van der Waals surface area contributed by atoms with Gasteiger partial charge >= 0.3 is 0 Å². The summed E-state index contributed by atoms with van der Waals surface area (Å²) in [4.78, 5) is 0. The Labute approximate surface area is 113 Å². The third-order valence-electron chi connectivity index (χ3n) is 3.88. The predicted octanol–water partition coefficient (Wildman–Crippen LogP) is 4.35. The summed E-state index contributed by atoms with van der Waals surface area (Å²) < 4.78 is 13.6. The van der Waals surface area contributed by atoms with Crippen molar-refractivity contribution >= 4 is 11.6 Å². The van der Waals surface area contributed by atoms with Crippen LogP contribution in [0.2, 0.25) is 5.02 Å². The summed E-state index contributed by atoms with van der Waals surface area (Å²) >= 11 is 5.95. The predicted molar refractivity (Wildman–Crippen MR) is 72.3 cm³/mol. The van der Waals surface area contributed by atoms with Crippen molar-refractivity contribution < 1.29 is 9.50 Å². The Morgan fingerprint density at radius 1 is 1.33 bits per heavy atom. The van der Waals surface area contributed by atoms with Crippen molar-refractivity contribution in [2.45, 2.75) is 51.0 Å². The summed E-state index contributed by atoms with van der Waals surface area (Å²) in [6.07, 6.45) is 6.83. The van der Waals surface area contributed by atoms with E-state index in [-0.39, 0.29) is 5.82 Å². The molecule has 18 heavy (non-hydrogen) atoms. The lowest BCUT2D eigenvalue weighted by atomic mass is 9.96. The summed E-state index contributed by atoms with van der Waals surface area (Å²) in [5.74, 6) is 0.443. The minimum absolute atomic E-state index is 0.317. The molecule has 100 valence electrons. The molecule has 1 saturated carbocycles. The Morgan fingerprint density at radius 2 is 2.06 bits per heavy atom. The molecular weight excluding hydrogens is 251 g/mol. The molecule has 2 rings (SSSR count). The summed E-state index contributed by atoms with van der Waals surface area (Å²) in [7, 11) is 0. The van der Waals surface area contributed by atoms with E-state index in [1.807, 2.05) is 0 Å². The number of benzene rings is 1. The van der Waals surface area contributed by atoms with Gasteiger partial charge in [0.1, 0.15) is 5.82 Å². The quantitative estimate of drug-likeness (QED) is 0.843. The molecule has 1 atom stereocenters. The number of halogens is 2. The van der Waals surface area contributed by atoms with Crippen LogP contribution in [0.3, 0.4) is 0 Å². The maximum atomic E-state index is 13.6. The van der Waals surface area contributed by atoms with Gasteiger partial charge in [-0.05, 0) is 30.9 Å². The molecule has 0 amide bonds. The first-order valence-electron chi connectivity index (χ1n) is 6.77. The molecule has 1 fully saturated rings. The highest BCUT2D eigenvalue weighted by Gasteiger charge is 2.18. The lowest BCUT2D eigenvalue weighted by molar-refractivity contribution is 0.153. The van der Waals surface area contributed by atoms with Gasteiger partial charge in [-0.25, -0.2) is 4.39 Å². The second-order valence-electron chi connectivity index (χ2n) is 5.29. The normalized spacial score (nSPS) is 18.2. The van der Waals surface area contributed by atoms with Crippen molar-refractivity contribution in [2.75, 3.05) is 0 Å². The van der Waals surface area contributed by atoms with Crippen molar-refractivity contribution in [3.8, 4) is 0 Å². The maximum Gasteiger partial charge on any atom is 0.127 e. The molecule has 0 aliphatic heterocycles. The molecule has 0 radical (unpaired) electrons. The molecule has 1 aromatic carbocycles. The minimum Gasteiger partial charge on any atom is -0.393 e. The van der Waals surface area contributed by atoms with E-state index in [1.165, 1.54) is 31.7 Å². The van der Waals surface area contributed by atoms with Gasteiger partial charge < -0.3 is 5.11 Å². The fourth-order valence-electron chi connectivity index (χ4n) is 2.79. The molecular formula is C15H20ClFO. The van der Waals surface area contributed by atoms with E-state index in [4.69, 9.17) is 11.6 Å². The topological polar surface area (TPSA) is 20.2 Å². The van der Waals surface area contributed by atoms with Crippen molar-refractivity contribution in [3.63, 3.8) is 0 Å². The Bertz CT molecular complexity index is 368. The van der Waals surface area contributed by atoms with Gasteiger partial charge in [-0.3, -0.25) is 0 Å². The SMILES string of the molecule is OC(CCC1CCCC1)Cc1c(F)cccc1Cl. The van der Waals surface area contributed by atoms with Gasteiger partial charge in [0.15, 0.2) is 0 Å². The molecule has 3 heteroatoms. The van der Waals surface area contributed by atoms with E-state index in [1.54, 1.807) is 12.1 Å². The zero-order valence-corrected chi connectivity index (χ0v) is 11.3. The summed E-state index contributed by atoms with van der Waals surface area (Å²) in [5.41, 5.74) is 0.443. The van der Waals surface area contributed by atoms with Gasteiger partial charge in [0.05, 0.1) is 6.10 Å². The summed E-state index contributed by atoms with van der Waals surface area (Å²) in [5, 5.41) is 10.4. The minimum atomic E-state index is -0.486. The molecule has 0 spiro atoms. The second kappa shape index (κ2) is 6.53. The monoisotopic (exact) mass is 270 g/mol. The lowest BCUT2D eigenvalue weighted by Gasteiger charge is -2.15. The second-order valence-corrected chi connectivity index (χ2v) is 5.69. The number of aliphatic hydroxyl groups excluding tert-OH is 1. The van der Waals surface area contributed by atoms with E-state index in [9.17, 15) is 9.50 Å². The molecule has 0 aromatic heterocycles. The first-order chi connectivity index (χ1) is 8.66. The third-order valence-corrected chi connectivity index (χ3v) is 4.24. The van der Waals surface area contributed by atoms with Gasteiger partial charge in [-0.1, -0.05) is 43.4 Å². The summed E-state index contributed by atoms with van der Waals surface area (Å²) in [6, 6.07) is 4.65. The highest BCUT2D eigenvalue weighted by Crippen LogP contribution is 2.29. The van der Waals surface area contributed by atoms with Crippen molar-refractivity contribution in [2.24, 2.45) is 5.92 Å². The van der Waals surface area contributed by atoms with Crippen LogP contribution in [0.25, 0.3) is 0 Å². The van der Waals surface area contributed by atoms with Crippen molar-refractivity contribution in [1.82, 2.24) is 0 Å². The molecule has 0 bridgehead atoms. The van der Waals surface area contributed by atoms with Crippen LogP contribution < -0.4 is 0 Å². The third kappa shape index (κ3) is 3.69. The maximum absolute atomic E-state index is 13.6. The summed E-state index contributed by atoms with van der Waals surface area (Å²) in [6.45, 7) is 0. The van der Waals surface area contributed by atoms with E-state index in [2.05, 4.69) is 0 Å². The van der Waals surface area contributed by atoms with Crippen LogP contribution >= 0.6 is 11.6 Å². The number of aliphatic hydroxyl groups is 1. The highest BCUT2D eigenvalue weighted by atomic mass is 35.5. The van der Waals surface area contributed by atoms with Crippen LogP contribution in [0.5, 0.6) is 0 Å². The largest absolute Gasteiger partial charge is 0.393 e. The zero-order chi connectivity index (χ0) is 13.0. The molecule has 1 unspecified atom stereocenters. The van der Waals surface area contributed by atoms with Crippen LogP contribution in [-0.4, -0.2) is 11.2 Å². The molecule has 0 saturated heterocycles. The zero-order valence-electron chi connectivity index (χ0n) is 10.5. The Kier molecular flexibility index (Phi) is 5.02. The fourth-order valence-corrected chi connectivity index (χ4v) is 3.03. The molecule has 1 N–H and O–H groups in total. The average Bonchev–Trinajstić information content (AvgIpc) is 2.84. The number of hydrogen-bond acceptors (Lipinski definition) is 1. The molecule has 1 aliphatic carbocycles. The van der Waals surface area contributed by atoms with Gasteiger partial charge in [0.2, 0.25) is 0 Å². The molecule has 1 aromatic rings. The van der Waals surface area contributed by atoms with Crippen molar-refractivity contribution in [1.29, 1.82) is 0 Å². The molecule has 1 aliphatic rings. The van der Waals surface area contributed by atoms with Crippen LogP contribution in [0.4, 0.5) is 4.39 Å². The van der Waals surface area contributed by atoms with Crippen molar-refractivity contribution in [3.05, 3.63) is 34.6 Å². The standard InChI is InChI=1S/C15H20ClFO/c16-14-6-3-7-15(17)13(14)10-12(18)9-8-11-4-1-2-5-11/h3,6-7,11-12,18H,1-2,4-5,8-10H2. The average molecular weight is 271 g/mol. The Hall–Kier alpha value is -0.600. The van der Waals surface area contributed by atoms with Crippen LogP contribution in [0, 0.1) is 11.7 Å². The van der Waals surface area contributed by atoms with Gasteiger partial charge in [-0.2, -0.15) is 0 Å². The van der Waals surface area contributed by atoms with E-state index >= 15 is 0 Å². The van der Waals surface area contributed by atoms with E-state index in [0.29, 0.717) is 17.0 Å². The first-order valence-corrected chi connectivity index (χ1v) is 7.15. The Balaban J connectivity index is 1.84. The number of rotatable bonds is 5. The molecule has 1 nitrogen and oxygen atoms in total. The van der Waals surface area contributed by atoms with E-state index < -0.39 is 6.10 Å². The number of hydrogen-bond donors (Lipinski definition) is 1. The Morgan fingerprint density at radius 3 is 2.72 bits per heavy atom. The lowest BCUT2D eigenvalue weighted by Crippen LogP contribution is -2.13. The van der Waals surface area contributed by atoms with Gasteiger partial charge in [-0.15, -0.1) is 0 Å². The van der Waals surface area contributed by atoms with Crippen LogP contribution in [-0.2, 0) is 6.42 Å². The van der Waals surface area contributed by atoms with Gasteiger partial charge in [0, 0.05) is 17.0 Å². The van der Waals surface area contributed by atoms with E-state index in [0.717, 1.165) is 18.8 Å². The van der Waals surface area contributed by atoms with Crippen LogP contribution in [0.1, 0.15) is 44.1 Å². The highest BCUT2D eigenvalue weighted by molar-refractivity contribution is 6.31. The van der Waals surface area contributed by atoms with Crippen LogP contribution in [0.15, 0.2) is 18.2 Å². The smallest absolute Gasteiger partial charge is 0.127 e. The first kappa shape index (κ1) is 13.8.